The maximum atomic E-state index is 13.1. The monoisotopic (exact) mass is 350 g/mol. The standard InChI is InChI=1S/C20H19FN4O/c21-16-6-3-14(4-7-16)15-5-8-18(22)19(12-15)23-20(26)25-11-10-24-9-1-2-17(24)13-25/h1-9,12H,10-11,13,22H2,(H,23,26). The molecule has 5 nitrogen and oxygen atoms in total. The summed E-state index contributed by atoms with van der Waals surface area (Å²) in [5.41, 5.74) is 9.91. The first kappa shape index (κ1) is 16.2. The number of urea groups is 1. The van der Waals surface area contributed by atoms with Crippen molar-refractivity contribution in [1.29, 1.82) is 0 Å². The van der Waals surface area contributed by atoms with Gasteiger partial charge in [-0.2, -0.15) is 0 Å². The zero-order valence-corrected chi connectivity index (χ0v) is 14.2. The van der Waals surface area contributed by atoms with Crippen LogP contribution in [-0.4, -0.2) is 22.0 Å². The number of carbonyl (C=O) groups excluding carboxylic acids is 1. The van der Waals surface area contributed by atoms with Crippen LogP contribution in [0.5, 0.6) is 0 Å². The molecular formula is C20H19FN4O. The number of benzene rings is 2. The Bertz CT molecular complexity index is 949. The first-order valence-electron chi connectivity index (χ1n) is 8.45. The van der Waals surface area contributed by atoms with E-state index in [1.54, 1.807) is 23.1 Å². The van der Waals surface area contributed by atoms with Gasteiger partial charge in [-0.25, -0.2) is 9.18 Å². The summed E-state index contributed by atoms with van der Waals surface area (Å²) in [7, 11) is 0. The third-order valence-corrected chi connectivity index (χ3v) is 4.65. The van der Waals surface area contributed by atoms with Gasteiger partial charge in [0, 0.05) is 25.0 Å². The zero-order chi connectivity index (χ0) is 18.1. The number of hydrogen-bond donors (Lipinski definition) is 2. The lowest BCUT2D eigenvalue weighted by molar-refractivity contribution is 0.197. The second-order valence-electron chi connectivity index (χ2n) is 6.35. The molecule has 0 saturated heterocycles. The second-order valence-corrected chi connectivity index (χ2v) is 6.35. The molecule has 0 aliphatic carbocycles. The lowest BCUT2D eigenvalue weighted by atomic mass is 10.0. The lowest BCUT2D eigenvalue weighted by Crippen LogP contribution is -2.40. The largest absolute Gasteiger partial charge is 0.397 e. The van der Waals surface area contributed by atoms with E-state index < -0.39 is 0 Å². The molecule has 0 bridgehead atoms. The van der Waals surface area contributed by atoms with Crippen LogP contribution in [0.4, 0.5) is 20.6 Å². The van der Waals surface area contributed by atoms with E-state index in [2.05, 4.69) is 9.88 Å². The number of nitrogens with two attached hydrogens (primary N) is 1. The summed E-state index contributed by atoms with van der Waals surface area (Å²) >= 11 is 0. The Morgan fingerprint density at radius 2 is 1.81 bits per heavy atom. The van der Waals surface area contributed by atoms with Gasteiger partial charge in [-0.05, 0) is 47.5 Å². The number of halogens is 1. The molecule has 1 aliphatic heterocycles. The second kappa shape index (κ2) is 6.55. The molecule has 132 valence electrons. The number of fused-ring (bicyclic) bond motifs is 1. The minimum Gasteiger partial charge on any atom is -0.397 e. The van der Waals surface area contributed by atoms with Crippen LogP contribution in [0, 0.1) is 5.82 Å². The Balaban J connectivity index is 1.53. The molecule has 6 heteroatoms. The van der Waals surface area contributed by atoms with Gasteiger partial charge in [0.25, 0.3) is 0 Å². The van der Waals surface area contributed by atoms with Gasteiger partial charge >= 0.3 is 6.03 Å². The first-order chi connectivity index (χ1) is 12.6. The van der Waals surface area contributed by atoms with Gasteiger partial charge < -0.3 is 20.5 Å². The third kappa shape index (κ3) is 3.13. The Morgan fingerprint density at radius 3 is 2.62 bits per heavy atom. The lowest BCUT2D eigenvalue weighted by Gasteiger charge is -2.29. The summed E-state index contributed by atoms with van der Waals surface area (Å²) in [6, 6.07) is 15.5. The predicted molar refractivity (Wildman–Crippen MR) is 100 cm³/mol. The molecule has 3 N–H and O–H groups in total. The molecule has 0 fully saturated rings. The summed E-state index contributed by atoms with van der Waals surface area (Å²) < 4.78 is 15.3. The van der Waals surface area contributed by atoms with Crippen molar-refractivity contribution in [3.8, 4) is 11.1 Å². The van der Waals surface area contributed by atoms with Crippen molar-refractivity contribution in [3.05, 3.63) is 72.3 Å². The minimum atomic E-state index is -0.285. The van der Waals surface area contributed by atoms with Crippen molar-refractivity contribution in [2.45, 2.75) is 13.1 Å². The number of aromatic nitrogens is 1. The van der Waals surface area contributed by atoms with Crippen LogP contribution in [0.1, 0.15) is 5.69 Å². The maximum Gasteiger partial charge on any atom is 0.322 e. The van der Waals surface area contributed by atoms with Crippen molar-refractivity contribution in [2.75, 3.05) is 17.6 Å². The molecule has 0 saturated carbocycles. The van der Waals surface area contributed by atoms with E-state index in [1.807, 2.05) is 30.5 Å². The van der Waals surface area contributed by atoms with Crippen molar-refractivity contribution >= 4 is 17.4 Å². The first-order valence-corrected chi connectivity index (χ1v) is 8.45. The van der Waals surface area contributed by atoms with Gasteiger partial charge in [0.2, 0.25) is 0 Å². The summed E-state index contributed by atoms with van der Waals surface area (Å²) in [6.07, 6.45) is 2.02. The highest BCUT2D eigenvalue weighted by atomic mass is 19.1. The summed E-state index contributed by atoms with van der Waals surface area (Å²) in [6.45, 7) is 1.99. The highest BCUT2D eigenvalue weighted by molar-refractivity contribution is 5.94. The van der Waals surface area contributed by atoms with Gasteiger partial charge in [-0.15, -0.1) is 0 Å². The van der Waals surface area contributed by atoms with Crippen LogP contribution in [0.15, 0.2) is 60.8 Å². The molecular weight excluding hydrogens is 331 g/mol. The topological polar surface area (TPSA) is 63.3 Å². The molecule has 2 heterocycles. The maximum absolute atomic E-state index is 13.1. The van der Waals surface area contributed by atoms with E-state index in [0.717, 1.165) is 23.4 Å². The van der Waals surface area contributed by atoms with E-state index in [4.69, 9.17) is 5.73 Å². The van der Waals surface area contributed by atoms with Crippen LogP contribution in [0.2, 0.25) is 0 Å². The van der Waals surface area contributed by atoms with Gasteiger partial charge in [0.1, 0.15) is 5.82 Å². The van der Waals surface area contributed by atoms with E-state index in [9.17, 15) is 9.18 Å². The highest BCUT2D eigenvalue weighted by Crippen LogP contribution is 2.28. The molecule has 2 amide bonds. The minimum absolute atomic E-state index is 0.180. The fourth-order valence-electron chi connectivity index (χ4n) is 3.17. The number of rotatable bonds is 2. The highest BCUT2D eigenvalue weighted by Gasteiger charge is 2.20. The molecule has 1 aromatic heterocycles. The smallest absolute Gasteiger partial charge is 0.322 e. The summed E-state index contributed by atoms with van der Waals surface area (Å²) in [4.78, 5) is 14.4. The van der Waals surface area contributed by atoms with Crippen molar-refractivity contribution in [3.63, 3.8) is 0 Å². The number of anilines is 2. The van der Waals surface area contributed by atoms with E-state index in [0.29, 0.717) is 24.5 Å². The van der Waals surface area contributed by atoms with Gasteiger partial charge in [0.15, 0.2) is 0 Å². The summed E-state index contributed by atoms with van der Waals surface area (Å²) in [5.74, 6) is -0.285. The predicted octanol–water partition coefficient (Wildman–Crippen LogP) is 3.92. The van der Waals surface area contributed by atoms with Crippen LogP contribution >= 0.6 is 0 Å². The quantitative estimate of drug-likeness (QED) is 0.688. The SMILES string of the molecule is Nc1ccc(-c2ccc(F)cc2)cc1NC(=O)N1CCn2cccc2C1. The molecule has 2 aromatic carbocycles. The fraction of sp³-hybridized carbons (Fsp3) is 0.150. The zero-order valence-electron chi connectivity index (χ0n) is 14.2. The van der Waals surface area contributed by atoms with Gasteiger partial charge in [-0.3, -0.25) is 0 Å². The van der Waals surface area contributed by atoms with E-state index >= 15 is 0 Å². The Morgan fingerprint density at radius 1 is 1.04 bits per heavy atom. The third-order valence-electron chi connectivity index (χ3n) is 4.65. The van der Waals surface area contributed by atoms with Crippen molar-refractivity contribution in [2.24, 2.45) is 0 Å². The van der Waals surface area contributed by atoms with Crippen LogP contribution in [0.3, 0.4) is 0 Å². The summed E-state index contributed by atoms with van der Waals surface area (Å²) in [5, 5.41) is 2.90. The van der Waals surface area contributed by atoms with E-state index in [1.165, 1.54) is 12.1 Å². The van der Waals surface area contributed by atoms with E-state index in [-0.39, 0.29) is 11.8 Å². The molecule has 0 spiro atoms. The number of nitrogens with one attached hydrogen (secondary N) is 1. The van der Waals surface area contributed by atoms with Gasteiger partial charge in [-0.1, -0.05) is 18.2 Å². The molecule has 1 aliphatic rings. The molecule has 0 unspecified atom stereocenters. The molecule has 4 rings (SSSR count). The Hall–Kier alpha value is -3.28. The number of amides is 2. The van der Waals surface area contributed by atoms with Crippen LogP contribution < -0.4 is 11.1 Å². The molecule has 3 aromatic rings. The Kier molecular flexibility index (Phi) is 4.08. The number of hydrogen-bond acceptors (Lipinski definition) is 2. The normalized spacial score (nSPS) is 13.3. The molecule has 26 heavy (non-hydrogen) atoms. The van der Waals surface area contributed by atoms with Crippen LogP contribution in [0.25, 0.3) is 11.1 Å². The van der Waals surface area contributed by atoms with Gasteiger partial charge in [0.05, 0.1) is 17.9 Å². The molecule has 0 atom stereocenters. The van der Waals surface area contributed by atoms with Crippen molar-refractivity contribution in [1.82, 2.24) is 9.47 Å². The number of nitrogen functional groups attached to an aromatic ring is 1. The average molecular weight is 350 g/mol. The molecule has 0 radical (unpaired) electrons. The fourth-order valence-corrected chi connectivity index (χ4v) is 3.17. The number of carbonyl (C=O) groups is 1. The average Bonchev–Trinajstić information content (AvgIpc) is 3.12. The van der Waals surface area contributed by atoms with Crippen molar-refractivity contribution < 1.29 is 9.18 Å². The van der Waals surface area contributed by atoms with Crippen LogP contribution in [-0.2, 0) is 13.1 Å². The Labute approximate surface area is 150 Å². The number of nitrogens with zero attached hydrogens (tertiary/aromatic N) is 2.